The summed E-state index contributed by atoms with van der Waals surface area (Å²) in [6.45, 7) is 1.77. The standard InChI is InChI=1S/C10H8ClNO3/c1-2-3-6-15-10-7-8(11)4-5-9(10)12(13)14/h4-5,7H,6H2,1H3. The Labute approximate surface area is 92.0 Å². The Morgan fingerprint density at radius 2 is 2.33 bits per heavy atom. The van der Waals surface area contributed by atoms with Gasteiger partial charge in [0, 0.05) is 17.2 Å². The third-order valence-corrected chi connectivity index (χ3v) is 1.83. The van der Waals surface area contributed by atoms with Crippen molar-refractivity contribution in [1.82, 2.24) is 0 Å². The fourth-order valence-corrected chi connectivity index (χ4v) is 1.10. The molecule has 0 atom stereocenters. The number of nitro groups is 1. The zero-order valence-corrected chi connectivity index (χ0v) is 8.75. The highest BCUT2D eigenvalue weighted by molar-refractivity contribution is 6.30. The monoisotopic (exact) mass is 225 g/mol. The molecule has 0 N–H and O–H groups in total. The molecule has 0 bridgehead atoms. The van der Waals surface area contributed by atoms with Gasteiger partial charge in [-0.3, -0.25) is 10.1 Å². The summed E-state index contributed by atoms with van der Waals surface area (Å²) < 4.78 is 5.12. The van der Waals surface area contributed by atoms with Crippen LogP contribution in [0.1, 0.15) is 6.92 Å². The zero-order valence-electron chi connectivity index (χ0n) is 7.99. The van der Waals surface area contributed by atoms with Crippen molar-refractivity contribution in [3.05, 3.63) is 33.3 Å². The Morgan fingerprint density at radius 3 is 2.93 bits per heavy atom. The number of ether oxygens (including phenoxy) is 1. The molecule has 1 aromatic carbocycles. The number of benzene rings is 1. The third kappa shape index (κ3) is 3.15. The minimum absolute atomic E-state index is 0.109. The number of nitrogens with zero attached hydrogens (tertiary/aromatic N) is 1. The molecule has 78 valence electrons. The molecule has 0 aliphatic carbocycles. The normalized spacial score (nSPS) is 8.93. The molecule has 0 amide bonds. The third-order valence-electron chi connectivity index (χ3n) is 1.60. The van der Waals surface area contributed by atoms with Gasteiger partial charge < -0.3 is 4.74 Å². The summed E-state index contributed by atoms with van der Waals surface area (Å²) in [5, 5.41) is 11.0. The highest BCUT2D eigenvalue weighted by atomic mass is 35.5. The molecule has 0 radical (unpaired) electrons. The molecule has 0 aromatic heterocycles. The first kappa shape index (κ1) is 11.3. The average molecular weight is 226 g/mol. The van der Waals surface area contributed by atoms with Crippen LogP contribution in [0.15, 0.2) is 18.2 Å². The summed E-state index contributed by atoms with van der Waals surface area (Å²) in [4.78, 5) is 10.1. The van der Waals surface area contributed by atoms with Gasteiger partial charge >= 0.3 is 5.69 Å². The van der Waals surface area contributed by atoms with Gasteiger partial charge in [-0.1, -0.05) is 17.5 Å². The quantitative estimate of drug-likeness (QED) is 0.451. The van der Waals surface area contributed by atoms with Crippen molar-refractivity contribution in [3.8, 4) is 17.6 Å². The fourth-order valence-electron chi connectivity index (χ4n) is 0.940. The van der Waals surface area contributed by atoms with Crippen LogP contribution in [0, 0.1) is 22.0 Å². The largest absolute Gasteiger partial charge is 0.474 e. The number of halogens is 1. The predicted octanol–water partition coefficient (Wildman–Crippen LogP) is 2.65. The highest BCUT2D eigenvalue weighted by Gasteiger charge is 2.14. The molecule has 4 nitrogen and oxygen atoms in total. The number of hydrogen-bond donors (Lipinski definition) is 0. The first-order valence-electron chi connectivity index (χ1n) is 4.11. The number of hydrogen-bond acceptors (Lipinski definition) is 3. The SMILES string of the molecule is CC#CCOc1cc(Cl)ccc1[N+](=O)[O-]. The maximum Gasteiger partial charge on any atom is 0.311 e. The first-order valence-corrected chi connectivity index (χ1v) is 4.49. The lowest BCUT2D eigenvalue weighted by molar-refractivity contribution is -0.385. The summed E-state index contributed by atoms with van der Waals surface area (Å²) in [5.74, 6) is 5.40. The average Bonchev–Trinajstić information content (AvgIpc) is 2.18. The van der Waals surface area contributed by atoms with Gasteiger partial charge in [-0.15, -0.1) is 5.92 Å². The van der Waals surface area contributed by atoms with E-state index in [1.165, 1.54) is 18.2 Å². The molecule has 0 fully saturated rings. The number of nitro benzene ring substituents is 1. The van der Waals surface area contributed by atoms with Crippen molar-refractivity contribution < 1.29 is 9.66 Å². The summed E-state index contributed by atoms with van der Waals surface area (Å²) in [5.41, 5.74) is -0.114. The molecular formula is C10H8ClNO3. The molecule has 0 aliphatic rings. The lowest BCUT2D eigenvalue weighted by Crippen LogP contribution is -1.98. The van der Waals surface area contributed by atoms with Crippen molar-refractivity contribution in [2.45, 2.75) is 6.92 Å². The summed E-state index contributed by atoms with van der Waals surface area (Å²) >= 11 is 5.70. The van der Waals surface area contributed by atoms with Crippen molar-refractivity contribution in [2.75, 3.05) is 6.61 Å². The Morgan fingerprint density at radius 1 is 1.60 bits per heavy atom. The van der Waals surface area contributed by atoms with E-state index in [2.05, 4.69) is 11.8 Å². The second kappa shape index (κ2) is 5.23. The van der Waals surface area contributed by atoms with Gasteiger partial charge in [-0.2, -0.15) is 0 Å². The fraction of sp³-hybridized carbons (Fsp3) is 0.200. The van der Waals surface area contributed by atoms with E-state index in [0.29, 0.717) is 5.02 Å². The molecule has 1 aromatic rings. The van der Waals surface area contributed by atoms with Crippen molar-refractivity contribution in [3.63, 3.8) is 0 Å². The van der Waals surface area contributed by atoms with Crippen LogP contribution in [0.5, 0.6) is 5.75 Å². The second-order valence-electron chi connectivity index (χ2n) is 2.58. The summed E-state index contributed by atoms with van der Waals surface area (Å²) in [7, 11) is 0. The van der Waals surface area contributed by atoms with Gasteiger partial charge in [-0.05, 0) is 13.0 Å². The second-order valence-corrected chi connectivity index (χ2v) is 3.02. The minimum atomic E-state index is -0.523. The lowest BCUT2D eigenvalue weighted by Gasteiger charge is -2.03. The van der Waals surface area contributed by atoms with Crippen molar-refractivity contribution >= 4 is 17.3 Å². The van der Waals surface area contributed by atoms with Gasteiger partial charge in [0.2, 0.25) is 0 Å². The maximum atomic E-state index is 10.6. The molecule has 15 heavy (non-hydrogen) atoms. The van der Waals surface area contributed by atoms with E-state index >= 15 is 0 Å². The van der Waals surface area contributed by atoms with Gasteiger partial charge in [0.1, 0.15) is 6.61 Å². The minimum Gasteiger partial charge on any atom is -0.474 e. The van der Waals surface area contributed by atoms with E-state index in [9.17, 15) is 10.1 Å². The van der Waals surface area contributed by atoms with Crippen LogP contribution in [-0.4, -0.2) is 11.5 Å². The maximum absolute atomic E-state index is 10.6. The number of rotatable bonds is 3. The molecule has 0 heterocycles. The van der Waals surface area contributed by atoms with E-state index in [-0.39, 0.29) is 18.0 Å². The first-order chi connectivity index (χ1) is 7.15. The van der Waals surface area contributed by atoms with Crippen LogP contribution in [0.2, 0.25) is 5.02 Å². The topological polar surface area (TPSA) is 52.4 Å². The van der Waals surface area contributed by atoms with Gasteiger partial charge in [-0.25, -0.2) is 0 Å². The molecular weight excluding hydrogens is 218 g/mol. The Kier molecular flexibility index (Phi) is 3.95. The van der Waals surface area contributed by atoms with E-state index in [4.69, 9.17) is 16.3 Å². The van der Waals surface area contributed by atoms with E-state index in [1.807, 2.05) is 0 Å². The Bertz CT molecular complexity index is 434. The molecule has 0 saturated carbocycles. The van der Waals surface area contributed by atoms with Gasteiger partial charge in [0.25, 0.3) is 0 Å². The van der Waals surface area contributed by atoms with Crippen LogP contribution >= 0.6 is 11.6 Å². The summed E-state index contributed by atoms with van der Waals surface area (Å²) in [6, 6.07) is 4.14. The molecule has 1 rings (SSSR count). The van der Waals surface area contributed by atoms with Crippen molar-refractivity contribution in [2.24, 2.45) is 0 Å². The van der Waals surface area contributed by atoms with Gasteiger partial charge in [0.15, 0.2) is 5.75 Å². The van der Waals surface area contributed by atoms with Crippen LogP contribution in [0.3, 0.4) is 0 Å². The molecule has 0 aliphatic heterocycles. The van der Waals surface area contributed by atoms with Crippen LogP contribution in [0.25, 0.3) is 0 Å². The van der Waals surface area contributed by atoms with E-state index in [1.54, 1.807) is 6.92 Å². The van der Waals surface area contributed by atoms with Crippen molar-refractivity contribution in [1.29, 1.82) is 0 Å². The van der Waals surface area contributed by atoms with E-state index < -0.39 is 4.92 Å². The predicted molar refractivity (Wildman–Crippen MR) is 57.1 cm³/mol. The zero-order chi connectivity index (χ0) is 11.3. The van der Waals surface area contributed by atoms with Crippen LogP contribution in [-0.2, 0) is 0 Å². The summed E-state index contributed by atoms with van der Waals surface area (Å²) in [6.07, 6.45) is 0. The molecule has 0 unspecified atom stereocenters. The van der Waals surface area contributed by atoms with Crippen LogP contribution in [0.4, 0.5) is 5.69 Å². The molecule has 0 saturated heterocycles. The smallest absolute Gasteiger partial charge is 0.311 e. The molecule has 0 spiro atoms. The Balaban J connectivity index is 2.95. The highest BCUT2D eigenvalue weighted by Crippen LogP contribution is 2.29. The van der Waals surface area contributed by atoms with Gasteiger partial charge in [0.05, 0.1) is 4.92 Å². The Hall–Kier alpha value is -1.73. The van der Waals surface area contributed by atoms with Crippen LogP contribution < -0.4 is 4.74 Å². The van der Waals surface area contributed by atoms with E-state index in [0.717, 1.165) is 0 Å². The lowest BCUT2D eigenvalue weighted by atomic mass is 10.3. The molecule has 5 heteroatoms.